The number of hydrogen-bond donors (Lipinski definition) is 2. The van der Waals surface area contributed by atoms with E-state index in [0.29, 0.717) is 19.4 Å². The van der Waals surface area contributed by atoms with Gasteiger partial charge in [0.05, 0.1) is 10.9 Å². The molecule has 6 nitrogen and oxygen atoms in total. The quantitative estimate of drug-likeness (QED) is 0.699. The van der Waals surface area contributed by atoms with Crippen molar-refractivity contribution in [2.75, 3.05) is 13.1 Å². The molecule has 0 amide bonds. The number of nitrogens with two attached hydrogens (primary N) is 1. The number of aromatic nitrogens is 2. The molecule has 98 valence electrons. The zero-order valence-corrected chi connectivity index (χ0v) is 11.1. The molecule has 0 aliphatic heterocycles. The van der Waals surface area contributed by atoms with Crippen LogP contribution < -0.4 is 10.5 Å². The second-order valence-corrected chi connectivity index (χ2v) is 5.98. The molecule has 1 atom stereocenters. The van der Waals surface area contributed by atoms with Crippen LogP contribution in [0.25, 0.3) is 0 Å². The maximum atomic E-state index is 11.8. The van der Waals surface area contributed by atoms with Crippen LogP contribution in [0.4, 0.5) is 0 Å². The van der Waals surface area contributed by atoms with Crippen LogP contribution in [-0.4, -0.2) is 36.5 Å². The van der Waals surface area contributed by atoms with E-state index < -0.39 is 15.3 Å². The first kappa shape index (κ1) is 14.1. The number of nitrogens with one attached hydrogen (secondary N) is 1. The summed E-state index contributed by atoms with van der Waals surface area (Å²) in [5.41, 5.74) is 6.29. The second-order valence-electron chi connectivity index (χ2n) is 3.94. The first-order valence-electron chi connectivity index (χ1n) is 5.66. The van der Waals surface area contributed by atoms with Gasteiger partial charge in [-0.25, -0.2) is 13.1 Å². The predicted octanol–water partition coefficient (Wildman–Crippen LogP) is -0.381. The molecule has 0 saturated carbocycles. The van der Waals surface area contributed by atoms with E-state index in [9.17, 15) is 8.42 Å². The van der Waals surface area contributed by atoms with E-state index in [2.05, 4.69) is 9.82 Å². The van der Waals surface area contributed by atoms with Gasteiger partial charge in [0.15, 0.2) is 0 Å². The average Bonchev–Trinajstić information content (AvgIpc) is 2.65. The lowest BCUT2D eigenvalue weighted by Crippen LogP contribution is -2.39. The van der Waals surface area contributed by atoms with E-state index in [1.165, 1.54) is 0 Å². The average molecular weight is 260 g/mol. The molecule has 0 radical (unpaired) electrons. The maximum absolute atomic E-state index is 11.8. The fraction of sp³-hybridized carbons (Fsp3) is 0.700. The van der Waals surface area contributed by atoms with Gasteiger partial charge in [-0.3, -0.25) is 4.68 Å². The first-order valence-corrected chi connectivity index (χ1v) is 7.21. The molecule has 1 heterocycles. The molecule has 3 N–H and O–H groups in total. The van der Waals surface area contributed by atoms with Gasteiger partial charge < -0.3 is 5.73 Å². The van der Waals surface area contributed by atoms with Crippen molar-refractivity contribution in [3.8, 4) is 0 Å². The van der Waals surface area contributed by atoms with E-state index in [0.717, 1.165) is 5.69 Å². The van der Waals surface area contributed by atoms with Crippen molar-refractivity contribution in [1.29, 1.82) is 0 Å². The van der Waals surface area contributed by atoms with Gasteiger partial charge in [-0.05, 0) is 12.5 Å². The van der Waals surface area contributed by atoms with E-state index >= 15 is 0 Å². The molecule has 0 aliphatic carbocycles. The Balaban J connectivity index is 2.45. The zero-order valence-electron chi connectivity index (χ0n) is 10.3. The highest BCUT2D eigenvalue weighted by Crippen LogP contribution is 2.02. The molecule has 1 rings (SSSR count). The third kappa shape index (κ3) is 4.10. The normalized spacial score (nSPS) is 13.8. The summed E-state index contributed by atoms with van der Waals surface area (Å²) >= 11 is 0. The number of nitrogens with zero attached hydrogens (tertiary/aromatic N) is 2. The second kappa shape index (κ2) is 6.13. The SMILES string of the molecule is CCC(CN)S(=O)(=O)NCCc1ccn(C)n1. The highest BCUT2D eigenvalue weighted by Gasteiger charge is 2.21. The highest BCUT2D eigenvalue weighted by molar-refractivity contribution is 7.90. The van der Waals surface area contributed by atoms with Crippen LogP contribution in [-0.2, 0) is 23.5 Å². The van der Waals surface area contributed by atoms with Crippen molar-refractivity contribution < 1.29 is 8.42 Å². The van der Waals surface area contributed by atoms with Crippen molar-refractivity contribution in [2.24, 2.45) is 12.8 Å². The minimum atomic E-state index is -3.30. The molecular formula is C10H20N4O2S. The van der Waals surface area contributed by atoms with E-state index in [-0.39, 0.29) is 6.54 Å². The van der Waals surface area contributed by atoms with Gasteiger partial charge in [0.2, 0.25) is 10.0 Å². The molecule has 0 fully saturated rings. The smallest absolute Gasteiger partial charge is 0.215 e. The molecule has 1 aromatic heterocycles. The van der Waals surface area contributed by atoms with Crippen LogP contribution in [0.1, 0.15) is 19.0 Å². The van der Waals surface area contributed by atoms with Crippen LogP contribution in [0.5, 0.6) is 0 Å². The number of rotatable bonds is 7. The van der Waals surface area contributed by atoms with Crippen molar-refractivity contribution in [1.82, 2.24) is 14.5 Å². The van der Waals surface area contributed by atoms with Crippen molar-refractivity contribution >= 4 is 10.0 Å². The minimum absolute atomic E-state index is 0.148. The summed E-state index contributed by atoms with van der Waals surface area (Å²) < 4.78 is 27.8. The molecule has 0 bridgehead atoms. The Morgan fingerprint density at radius 1 is 1.59 bits per heavy atom. The van der Waals surface area contributed by atoms with E-state index in [1.54, 1.807) is 4.68 Å². The van der Waals surface area contributed by atoms with Gasteiger partial charge in [0, 0.05) is 32.8 Å². The van der Waals surface area contributed by atoms with Crippen LogP contribution in [0.3, 0.4) is 0 Å². The monoisotopic (exact) mass is 260 g/mol. The summed E-state index contributed by atoms with van der Waals surface area (Å²) in [6.45, 7) is 2.32. The molecule has 17 heavy (non-hydrogen) atoms. The van der Waals surface area contributed by atoms with Gasteiger partial charge >= 0.3 is 0 Å². The van der Waals surface area contributed by atoms with Crippen LogP contribution in [0.2, 0.25) is 0 Å². The van der Waals surface area contributed by atoms with Gasteiger partial charge in [-0.2, -0.15) is 5.10 Å². The minimum Gasteiger partial charge on any atom is -0.329 e. The third-order valence-corrected chi connectivity index (χ3v) is 4.62. The summed E-state index contributed by atoms with van der Waals surface area (Å²) in [6.07, 6.45) is 2.94. The topological polar surface area (TPSA) is 90.0 Å². The van der Waals surface area contributed by atoms with Gasteiger partial charge in [-0.1, -0.05) is 6.92 Å². The summed E-state index contributed by atoms with van der Waals surface area (Å²) in [7, 11) is -1.47. The molecule has 0 spiro atoms. The van der Waals surface area contributed by atoms with Crippen LogP contribution in [0, 0.1) is 0 Å². The fourth-order valence-corrected chi connectivity index (χ4v) is 2.86. The molecule has 0 aliphatic rings. The Morgan fingerprint density at radius 2 is 2.29 bits per heavy atom. The Bertz CT molecular complexity index is 437. The Morgan fingerprint density at radius 3 is 2.76 bits per heavy atom. The van der Waals surface area contributed by atoms with Gasteiger partial charge in [-0.15, -0.1) is 0 Å². The van der Waals surface area contributed by atoms with Gasteiger partial charge in [0.25, 0.3) is 0 Å². The maximum Gasteiger partial charge on any atom is 0.215 e. The van der Waals surface area contributed by atoms with Crippen LogP contribution >= 0.6 is 0 Å². The van der Waals surface area contributed by atoms with Crippen molar-refractivity contribution in [3.63, 3.8) is 0 Å². The molecule has 7 heteroatoms. The number of sulfonamides is 1. The predicted molar refractivity (Wildman–Crippen MR) is 67.0 cm³/mol. The van der Waals surface area contributed by atoms with E-state index in [4.69, 9.17) is 5.73 Å². The zero-order chi connectivity index (χ0) is 12.9. The molecular weight excluding hydrogens is 240 g/mol. The summed E-state index contributed by atoms with van der Waals surface area (Å²) in [6, 6.07) is 1.87. The Hall–Kier alpha value is -0.920. The first-order chi connectivity index (χ1) is 7.99. The van der Waals surface area contributed by atoms with Gasteiger partial charge in [0.1, 0.15) is 0 Å². The highest BCUT2D eigenvalue weighted by atomic mass is 32.2. The standard InChI is InChI=1S/C10H20N4O2S/c1-3-10(8-11)17(15,16)12-6-4-9-5-7-14(2)13-9/h5,7,10,12H,3-4,6,8,11H2,1-2H3. The molecule has 0 saturated heterocycles. The van der Waals surface area contributed by atoms with E-state index in [1.807, 2.05) is 26.2 Å². The molecule has 1 aromatic rings. The lowest BCUT2D eigenvalue weighted by Gasteiger charge is -2.13. The number of hydrogen-bond acceptors (Lipinski definition) is 4. The Labute approximate surface area is 102 Å². The molecule has 0 aromatic carbocycles. The fourth-order valence-electron chi connectivity index (χ4n) is 1.55. The molecule has 1 unspecified atom stereocenters. The third-order valence-electron chi connectivity index (χ3n) is 2.61. The largest absolute Gasteiger partial charge is 0.329 e. The van der Waals surface area contributed by atoms with Crippen molar-refractivity contribution in [2.45, 2.75) is 25.0 Å². The Kier molecular flexibility index (Phi) is 5.10. The van der Waals surface area contributed by atoms with Crippen molar-refractivity contribution in [3.05, 3.63) is 18.0 Å². The summed E-state index contributed by atoms with van der Waals surface area (Å²) in [5, 5.41) is 3.66. The lowest BCUT2D eigenvalue weighted by atomic mass is 10.3. The van der Waals surface area contributed by atoms with Crippen LogP contribution in [0.15, 0.2) is 12.3 Å². The lowest BCUT2D eigenvalue weighted by molar-refractivity contribution is 0.560. The summed E-state index contributed by atoms with van der Waals surface area (Å²) in [4.78, 5) is 0. The number of aryl methyl sites for hydroxylation is 1. The summed E-state index contributed by atoms with van der Waals surface area (Å²) in [5.74, 6) is 0.